The van der Waals surface area contributed by atoms with Crippen LogP contribution in [-0.4, -0.2) is 44.8 Å². The number of hydrogen-bond acceptors (Lipinski definition) is 4. The van der Waals surface area contributed by atoms with Gasteiger partial charge in [-0.3, -0.25) is 4.90 Å². The van der Waals surface area contributed by atoms with Gasteiger partial charge in [0.2, 0.25) is 0 Å². The summed E-state index contributed by atoms with van der Waals surface area (Å²) in [6, 6.07) is 6.32. The first-order valence-electron chi connectivity index (χ1n) is 8.47. The van der Waals surface area contributed by atoms with Crippen molar-refractivity contribution in [2.24, 2.45) is 5.41 Å². The van der Waals surface area contributed by atoms with Gasteiger partial charge in [-0.2, -0.15) is 0 Å². The summed E-state index contributed by atoms with van der Waals surface area (Å²) in [5.74, 6) is 1.68. The zero-order chi connectivity index (χ0) is 15.4. The van der Waals surface area contributed by atoms with Crippen LogP contribution in [0.25, 0.3) is 0 Å². The van der Waals surface area contributed by atoms with Crippen molar-refractivity contribution in [1.29, 1.82) is 0 Å². The van der Waals surface area contributed by atoms with Crippen LogP contribution >= 0.6 is 24.8 Å². The van der Waals surface area contributed by atoms with Gasteiger partial charge < -0.3 is 14.8 Å². The second-order valence-electron chi connectivity index (χ2n) is 6.66. The number of likely N-dealkylation sites (tertiary alicyclic amines) is 1. The lowest BCUT2D eigenvalue weighted by atomic mass is 9.80. The van der Waals surface area contributed by atoms with Gasteiger partial charge in [-0.15, -0.1) is 24.8 Å². The van der Waals surface area contributed by atoms with Crippen molar-refractivity contribution < 1.29 is 9.47 Å². The lowest BCUT2D eigenvalue weighted by Crippen LogP contribution is -2.41. The second kappa shape index (κ2) is 9.71. The molecule has 138 valence electrons. The molecular formula is C18H30Cl2N2O2. The van der Waals surface area contributed by atoms with Crippen molar-refractivity contribution in [3.8, 4) is 11.5 Å². The second-order valence-corrected chi connectivity index (χ2v) is 6.66. The molecule has 2 heterocycles. The van der Waals surface area contributed by atoms with Gasteiger partial charge >= 0.3 is 0 Å². The zero-order valence-corrected chi connectivity index (χ0v) is 16.3. The molecule has 4 nitrogen and oxygen atoms in total. The molecule has 1 aromatic rings. The van der Waals surface area contributed by atoms with Crippen molar-refractivity contribution in [3.63, 3.8) is 0 Å². The van der Waals surface area contributed by atoms with E-state index in [0.717, 1.165) is 18.0 Å². The minimum atomic E-state index is 0. The summed E-state index contributed by atoms with van der Waals surface area (Å²) in [4.78, 5) is 2.59. The molecule has 24 heavy (non-hydrogen) atoms. The Labute approximate surface area is 158 Å². The van der Waals surface area contributed by atoms with Gasteiger partial charge in [-0.05, 0) is 62.4 Å². The van der Waals surface area contributed by atoms with E-state index < -0.39 is 0 Å². The number of piperidine rings is 1. The third-order valence-electron chi connectivity index (χ3n) is 5.01. The fourth-order valence-electron chi connectivity index (χ4n) is 3.88. The standard InChI is InChI=1S/C18H28N2O2.2ClH/c1-3-22-16-6-5-15(11-17(16)21-2)12-20-10-8-18(14-20)7-4-9-19-13-18;;/h5-6,11,19H,3-4,7-10,12-14H2,1-2H3;2*1H. The highest BCUT2D eigenvalue weighted by Crippen LogP contribution is 2.37. The van der Waals surface area contributed by atoms with E-state index in [2.05, 4.69) is 22.3 Å². The Kier molecular flexibility index (Phi) is 8.65. The maximum absolute atomic E-state index is 5.60. The fourth-order valence-corrected chi connectivity index (χ4v) is 3.88. The SMILES string of the molecule is CCOc1ccc(CN2CCC3(CCCNC3)C2)cc1OC.Cl.Cl. The Morgan fingerprint density at radius 3 is 2.71 bits per heavy atom. The molecule has 2 fully saturated rings. The average molecular weight is 377 g/mol. The molecule has 0 amide bonds. The monoisotopic (exact) mass is 376 g/mol. The van der Waals surface area contributed by atoms with Gasteiger partial charge in [0.1, 0.15) is 0 Å². The molecule has 0 bridgehead atoms. The highest BCUT2D eigenvalue weighted by atomic mass is 35.5. The molecule has 2 saturated heterocycles. The van der Waals surface area contributed by atoms with E-state index in [0.29, 0.717) is 12.0 Å². The highest BCUT2D eigenvalue weighted by Gasteiger charge is 2.38. The van der Waals surface area contributed by atoms with Gasteiger partial charge in [0, 0.05) is 19.6 Å². The number of nitrogens with one attached hydrogen (secondary N) is 1. The van der Waals surface area contributed by atoms with E-state index in [1.54, 1.807) is 7.11 Å². The molecule has 1 spiro atoms. The summed E-state index contributed by atoms with van der Waals surface area (Å²) in [5, 5.41) is 3.58. The molecule has 0 aromatic heterocycles. The molecule has 0 radical (unpaired) electrons. The molecule has 0 saturated carbocycles. The van der Waals surface area contributed by atoms with Crippen LogP contribution in [0.1, 0.15) is 31.7 Å². The van der Waals surface area contributed by atoms with Crippen LogP contribution in [0, 0.1) is 5.41 Å². The van der Waals surface area contributed by atoms with E-state index >= 15 is 0 Å². The Morgan fingerprint density at radius 2 is 2.04 bits per heavy atom. The number of rotatable bonds is 5. The number of halogens is 2. The van der Waals surface area contributed by atoms with Gasteiger partial charge in [0.05, 0.1) is 13.7 Å². The average Bonchev–Trinajstić information content (AvgIpc) is 2.92. The number of ether oxygens (including phenoxy) is 2. The number of benzene rings is 1. The number of methoxy groups -OCH3 is 1. The number of hydrogen-bond donors (Lipinski definition) is 1. The van der Waals surface area contributed by atoms with Crippen LogP contribution in [0.3, 0.4) is 0 Å². The van der Waals surface area contributed by atoms with E-state index in [-0.39, 0.29) is 24.8 Å². The van der Waals surface area contributed by atoms with Crippen molar-refractivity contribution in [2.75, 3.05) is 39.9 Å². The highest BCUT2D eigenvalue weighted by molar-refractivity contribution is 5.85. The molecule has 2 aliphatic heterocycles. The van der Waals surface area contributed by atoms with Gasteiger partial charge in [-0.1, -0.05) is 6.07 Å². The normalized spacial score (nSPS) is 23.4. The van der Waals surface area contributed by atoms with Crippen LogP contribution < -0.4 is 14.8 Å². The van der Waals surface area contributed by atoms with Crippen LogP contribution in [0.4, 0.5) is 0 Å². The quantitative estimate of drug-likeness (QED) is 0.852. The van der Waals surface area contributed by atoms with Crippen LogP contribution in [0.15, 0.2) is 18.2 Å². The molecule has 1 N–H and O–H groups in total. The first-order valence-corrected chi connectivity index (χ1v) is 8.47. The summed E-state index contributed by atoms with van der Waals surface area (Å²) in [6.07, 6.45) is 4.03. The van der Waals surface area contributed by atoms with E-state index in [9.17, 15) is 0 Å². The largest absolute Gasteiger partial charge is 0.493 e. The Hall–Kier alpha value is -0.680. The summed E-state index contributed by atoms with van der Waals surface area (Å²) in [7, 11) is 1.71. The molecule has 0 aliphatic carbocycles. The lowest BCUT2D eigenvalue weighted by Gasteiger charge is -2.34. The Balaban J connectivity index is 0.00000144. The van der Waals surface area contributed by atoms with E-state index in [1.165, 1.54) is 51.0 Å². The minimum absolute atomic E-state index is 0. The molecular weight excluding hydrogens is 347 g/mol. The molecule has 1 atom stereocenters. The summed E-state index contributed by atoms with van der Waals surface area (Å²) < 4.78 is 11.1. The fraction of sp³-hybridized carbons (Fsp3) is 0.667. The molecule has 6 heteroatoms. The van der Waals surface area contributed by atoms with Gasteiger partial charge in [-0.25, -0.2) is 0 Å². The third kappa shape index (κ3) is 4.92. The first kappa shape index (κ1) is 21.4. The molecule has 1 aromatic carbocycles. The first-order chi connectivity index (χ1) is 10.7. The predicted molar refractivity (Wildman–Crippen MR) is 103 cm³/mol. The van der Waals surface area contributed by atoms with Crippen LogP contribution in [0.5, 0.6) is 11.5 Å². The maximum Gasteiger partial charge on any atom is 0.161 e. The molecule has 1 unspecified atom stereocenters. The minimum Gasteiger partial charge on any atom is -0.493 e. The Bertz CT molecular complexity index is 508. The third-order valence-corrected chi connectivity index (χ3v) is 5.01. The smallest absolute Gasteiger partial charge is 0.161 e. The van der Waals surface area contributed by atoms with E-state index in [1.807, 2.05) is 13.0 Å². The molecule has 2 aliphatic rings. The summed E-state index contributed by atoms with van der Waals surface area (Å²) >= 11 is 0. The number of nitrogens with zero attached hydrogens (tertiary/aromatic N) is 1. The van der Waals surface area contributed by atoms with Crippen LogP contribution in [0.2, 0.25) is 0 Å². The Morgan fingerprint density at radius 1 is 1.21 bits per heavy atom. The predicted octanol–water partition coefficient (Wildman–Crippen LogP) is 3.51. The van der Waals surface area contributed by atoms with Crippen molar-refractivity contribution in [2.45, 2.75) is 32.7 Å². The van der Waals surface area contributed by atoms with Gasteiger partial charge in [0.15, 0.2) is 11.5 Å². The van der Waals surface area contributed by atoms with Crippen molar-refractivity contribution in [1.82, 2.24) is 10.2 Å². The van der Waals surface area contributed by atoms with Gasteiger partial charge in [0.25, 0.3) is 0 Å². The summed E-state index contributed by atoms with van der Waals surface area (Å²) in [6.45, 7) is 8.47. The molecule has 3 rings (SSSR count). The topological polar surface area (TPSA) is 33.7 Å². The van der Waals surface area contributed by atoms with E-state index in [4.69, 9.17) is 9.47 Å². The lowest BCUT2D eigenvalue weighted by molar-refractivity contribution is 0.199. The maximum atomic E-state index is 5.60. The summed E-state index contributed by atoms with van der Waals surface area (Å²) in [5.41, 5.74) is 1.83. The van der Waals surface area contributed by atoms with Crippen LogP contribution in [-0.2, 0) is 6.54 Å². The van der Waals surface area contributed by atoms with Crippen molar-refractivity contribution >= 4 is 24.8 Å². The van der Waals surface area contributed by atoms with Crippen molar-refractivity contribution in [3.05, 3.63) is 23.8 Å². The zero-order valence-electron chi connectivity index (χ0n) is 14.7.